The van der Waals surface area contributed by atoms with Crippen LogP contribution in [0.2, 0.25) is 0 Å². The first kappa shape index (κ1) is 24.9. The average molecular weight is 448 g/mol. The molecule has 28 heavy (non-hydrogen) atoms. The minimum atomic E-state index is 0.269. The molecule has 1 atom stereocenters. The molecule has 1 unspecified atom stereocenters. The van der Waals surface area contributed by atoms with Crippen molar-refractivity contribution < 1.29 is 5.32 Å². The largest absolute Gasteiger partial charge is 0.314 e. The van der Waals surface area contributed by atoms with E-state index in [2.05, 4.69) is 96.6 Å². The number of alkyl halides is 1. The van der Waals surface area contributed by atoms with E-state index in [1.807, 2.05) is 5.83 Å². The van der Waals surface area contributed by atoms with Gasteiger partial charge in [0, 0.05) is 5.56 Å². The Morgan fingerprint density at radius 1 is 0.821 bits per heavy atom. The standard InChI is InChI=1S/C25H37N.CH3Br/c1-4-6-7-13-21-26-24-19-12-11-18-23(24)25(3,5-2)20-14-17-22-15-9-8-10-16-22;1-2/h8-12,15-16,18-19,26H,4-7,13-14,17,20-21H2,1-3H3;1H3/p+1. The summed E-state index contributed by atoms with van der Waals surface area (Å²) in [4.78, 5) is 0. The molecule has 0 aliphatic rings. The summed E-state index contributed by atoms with van der Waals surface area (Å²) >= 11 is 2.94. The quantitative estimate of drug-likeness (QED) is 0.202. The van der Waals surface area contributed by atoms with Crippen molar-refractivity contribution in [3.05, 3.63) is 65.7 Å². The predicted octanol–water partition coefficient (Wildman–Crippen LogP) is 7.16. The number of unbranched alkanes of at least 4 members (excludes halogenated alkanes) is 3. The van der Waals surface area contributed by atoms with Gasteiger partial charge in [-0.3, -0.25) is 0 Å². The second-order valence-corrected chi connectivity index (χ2v) is 7.89. The van der Waals surface area contributed by atoms with Crippen LogP contribution >= 0.6 is 15.9 Å². The second-order valence-electron chi connectivity index (χ2n) is 7.89. The van der Waals surface area contributed by atoms with Crippen molar-refractivity contribution in [3.8, 4) is 0 Å². The van der Waals surface area contributed by atoms with Gasteiger partial charge in [-0.25, -0.2) is 0 Å². The Bertz CT molecular complexity index is 625. The number of nitrogens with two attached hydrogens (primary N) is 1. The maximum atomic E-state index is 2.94. The predicted molar refractivity (Wildman–Crippen MR) is 129 cm³/mol. The van der Waals surface area contributed by atoms with E-state index >= 15 is 0 Å². The summed E-state index contributed by atoms with van der Waals surface area (Å²) in [6.07, 6.45) is 10.2. The molecule has 2 N–H and O–H groups in total. The number of aryl methyl sites for hydroxylation is 1. The molecule has 2 aromatic carbocycles. The van der Waals surface area contributed by atoms with Crippen molar-refractivity contribution in [3.63, 3.8) is 0 Å². The van der Waals surface area contributed by atoms with Gasteiger partial charge < -0.3 is 5.32 Å². The van der Waals surface area contributed by atoms with E-state index in [4.69, 9.17) is 0 Å². The van der Waals surface area contributed by atoms with E-state index in [9.17, 15) is 0 Å². The van der Waals surface area contributed by atoms with Gasteiger partial charge in [0.05, 0.1) is 6.54 Å². The molecule has 0 aliphatic carbocycles. The second kappa shape index (κ2) is 14.8. The van der Waals surface area contributed by atoms with Crippen LogP contribution in [0.1, 0.15) is 76.8 Å². The maximum absolute atomic E-state index is 2.94. The summed E-state index contributed by atoms with van der Waals surface area (Å²) in [5.41, 5.74) is 4.74. The highest BCUT2D eigenvalue weighted by molar-refractivity contribution is 9.08. The minimum Gasteiger partial charge on any atom is -0.314 e. The van der Waals surface area contributed by atoms with Crippen molar-refractivity contribution in [2.75, 3.05) is 12.4 Å². The molecule has 0 bridgehead atoms. The SMILES string of the molecule is CBr.CCCCCC[NH2+]c1ccccc1C(C)(CC)CCCc1ccccc1. The third kappa shape index (κ3) is 8.49. The van der Waals surface area contributed by atoms with Crippen LogP contribution in [0.5, 0.6) is 0 Å². The Balaban J connectivity index is 0.00000190. The van der Waals surface area contributed by atoms with Gasteiger partial charge in [-0.15, -0.1) is 0 Å². The number of hydrogen-bond donors (Lipinski definition) is 1. The van der Waals surface area contributed by atoms with Gasteiger partial charge in [0.1, 0.15) is 5.69 Å². The van der Waals surface area contributed by atoms with Gasteiger partial charge >= 0.3 is 0 Å². The van der Waals surface area contributed by atoms with E-state index in [-0.39, 0.29) is 5.41 Å². The van der Waals surface area contributed by atoms with Gasteiger partial charge in [-0.05, 0) is 61.4 Å². The van der Waals surface area contributed by atoms with E-state index in [0.717, 1.165) is 0 Å². The first-order valence-corrected chi connectivity index (χ1v) is 12.6. The lowest BCUT2D eigenvalue weighted by atomic mass is 9.75. The van der Waals surface area contributed by atoms with Crippen molar-refractivity contribution in [1.29, 1.82) is 0 Å². The fourth-order valence-corrected chi connectivity index (χ4v) is 3.88. The first-order chi connectivity index (χ1) is 13.7. The Hall–Kier alpha value is -1.12. The van der Waals surface area contributed by atoms with Crippen molar-refractivity contribution >= 4 is 21.6 Å². The monoisotopic (exact) mass is 446 g/mol. The number of benzene rings is 2. The topological polar surface area (TPSA) is 16.6 Å². The summed E-state index contributed by atoms with van der Waals surface area (Å²) in [5, 5.41) is 2.48. The highest BCUT2D eigenvalue weighted by Crippen LogP contribution is 2.35. The molecule has 156 valence electrons. The third-order valence-corrected chi connectivity index (χ3v) is 5.85. The van der Waals surface area contributed by atoms with Crippen LogP contribution in [0.25, 0.3) is 0 Å². The summed E-state index contributed by atoms with van der Waals surface area (Å²) in [6, 6.07) is 20.0. The summed E-state index contributed by atoms with van der Waals surface area (Å²) < 4.78 is 0. The zero-order valence-electron chi connectivity index (χ0n) is 18.5. The van der Waals surface area contributed by atoms with Crippen LogP contribution < -0.4 is 5.32 Å². The van der Waals surface area contributed by atoms with Crippen LogP contribution in [0.15, 0.2) is 54.6 Å². The van der Waals surface area contributed by atoms with E-state index in [1.54, 1.807) is 5.56 Å². The normalized spacial score (nSPS) is 12.8. The molecule has 1 nitrogen and oxygen atoms in total. The van der Waals surface area contributed by atoms with E-state index in [0.29, 0.717) is 0 Å². The molecule has 0 saturated carbocycles. The minimum absolute atomic E-state index is 0.269. The molecular formula is C26H41BrN+. The zero-order chi connectivity index (χ0) is 20.7. The van der Waals surface area contributed by atoms with Gasteiger partial charge in [-0.2, -0.15) is 0 Å². The molecule has 0 amide bonds. The van der Waals surface area contributed by atoms with Crippen LogP contribution in [-0.2, 0) is 11.8 Å². The molecule has 0 radical (unpaired) electrons. The highest BCUT2D eigenvalue weighted by Gasteiger charge is 2.28. The molecule has 2 heteroatoms. The Morgan fingerprint density at radius 3 is 2.18 bits per heavy atom. The molecule has 0 heterocycles. The number of rotatable bonds is 12. The number of quaternary nitrogens is 1. The smallest absolute Gasteiger partial charge is 0.133 e. The van der Waals surface area contributed by atoms with Crippen molar-refractivity contribution in [1.82, 2.24) is 0 Å². The van der Waals surface area contributed by atoms with Crippen LogP contribution in [0.4, 0.5) is 5.69 Å². The molecule has 0 aliphatic heterocycles. The molecule has 0 spiro atoms. The Morgan fingerprint density at radius 2 is 1.50 bits per heavy atom. The zero-order valence-corrected chi connectivity index (χ0v) is 20.1. The third-order valence-electron chi connectivity index (χ3n) is 5.85. The maximum Gasteiger partial charge on any atom is 0.133 e. The molecule has 0 saturated heterocycles. The van der Waals surface area contributed by atoms with Crippen LogP contribution in [0.3, 0.4) is 0 Å². The summed E-state index contributed by atoms with van der Waals surface area (Å²) in [7, 11) is 0. The number of hydrogen-bond acceptors (Lipinski definition) is 0. The molecule has 0 aromatic heterocycles. The van der Waals surface area contributed by atoms with Gasteiger partial charge in [-0.1, -0.05) is 98.1 Å². The van der Waals surface area contributed by atoms with Crippen LogP contribution in [0, 0.1) is 0 Å². The van der Waals surface area contributed by atoms with Crippen molar-refractivity contribution in [2.24, 2.45) is 0 Å². The fraction of sp³-hybridized carbons (Fsp3) is 0.538. The fourth-order valence-electron chi connectivity index (χ4n) is 3.88. The highest BCUT2D eigenvalue weighted by atomic mass is 79.9. The lowest BCUT2D eigenvalue weighted by Crippen LogP contribution is -2.78. The summed E-state index contributed by atoms with van der Waals surface area (Å²) in [6.45, 7) is 8.30. The molecule has 2 aromatic rings. The Labute approximate surface area is 182 Å². The Kier molecular flexibility index (Phi) is 13.2. The van der Waals surface area contributed by atoms with E-state index < -0.39 is 0 Å². The molecule has 2 rings (SSSR count). The first-order valence-electron chi connectivity index (χ1n) is 11.0. The molecule has 0 fully saturated rings. The number of para-hydroxylation sites is 1. The lowest BCUT2D eigenvalue weighted by molar-refractivity contribution is -0.572. The van der Waals surface area contributed by atoms with Crippen molar-refractivity contribution in [2.45, 2.75) is 77.6 Å². The number of halogens is 1. The van der Waals surface area contributed by atoms with Gasteiger partial charge in [0.25, 0.3) is 0 Å². The van der Waals surface area contributed by atoms with Gasteiger partial charge in [0.15, 0.2) is 0 Å². The average Bonchev–Trinajstić information content (AvgIpc) is 2.76. The lowest BCUT2D eigenvalue weighted by Gasteiger charge is -2.30. The molecular weight excluding hydrogens is 406 g/mol. The van der Waals surface area contributed by atoms with Crippen LogP contribution in [-0.4, -0.2) is 12.4 Å². The van der Waals surface area contributed by atoms with E-state index in [1.165, 1.54) is 69.2 Å². The summed E-state index contributed by atoms with van der Waals surface area (Å²) in [5.74, 6) is 1.81. The van der Waals surface area contributed by atoms with Gasteiger partial charge in [0.2, 0.25) is 0 Å².